The van der Waals surface area contributed by atoms with Gasteiger partial charge in [0.05, 0.1) is 29.2 Å². The number of benzene rings is 2. The van der Waals surface area contributed by atoms with Crippen molar-refractivity contribution < 1.29 is 24.6 Å². The summed E-state index contributed by atoms with van der Waals surface area (Å²) in [5.41, 5.74) is 2.28. The summed E-state index contributed by atoms with van der Waals surface area (Å²) in [5.74, 6) is 0.394. The van der Waals surface area contributed by atoms with Crippen molar-refractivity contribution in [2.45, 2.75) is 35.9 Å². The maximum atomic E-state index is 13.0. The number of nitrogens with one attached hydrogen (secondary N) is 2. The zero-order valence-corrected chi connectivity index (χ0v) is 24.8. The van der Waals surface area contributed by atoms with Gasteiger partial charge in [0, 0.05) is 56.5 Å². The molecule has 3 amide bonds. The lowest BCUT2D eigenvalue weighted by atomic mass is 10.0. The number of carbonyl (C=O) groups is 3. The van der Waals surface area contributed by atoms with E-state index in [-0.39, 0.29) is 30.9 Å². The van der Waals surface area contributed by atoms with Crippen LogP contribution in [0.3, 0.4) is 0 Å². The SMILES string of the molecule is CC(=O)N1CCN(C(=O)c2cccc(CSc3cnc(NC(=O)c4ccc(CNC(C)(CO)CO)cc4)s3)c2)CC1. The van der Waals surface area contributed by atoms with Crippen molar-refractivity contribution in [1.29, 1.82) is 0 Å². The first-order chi connectivity index (χ1) is 19.7. The minimum absolute atomic E-state index is 0.0269. The third-order valence-electron chi connectivity index (χ3n) is 6.91. The van der Waals surface area contributed by atoms with Gasteiger partial charge >= 0.3 is 0 Å². The van der Waals surface area contributed by atoms with E-state index in [2.05, 4.69) is 15.6 Å². The van der Waals surface area contributed by atoms with Crippen LogP contribution in [-0.4, -0.2) is 87.7 Å². The predicted molar refractivity (Wildman–Crippen MR) is 160 cm³/mol. The summed E-state index contributed by atoms with van der Waals surface area (Å²) >= 11 is 2.97. The molecular formula is C29H35N5O5S2. The van der Waals surface area contributed by atoms with Gasteiger partial charge in [-0.2, -0.15) is 0 Å². The highest BCUT2D eigenvalue weighted by atomic mass is 32.2. The Hall–Kier alpha value is -3.29. The van der Waals surface area contributed by atoms with Gasteiger partial charge in [-0.15, -0.1) is 11.8 Å². The molecule has 0 atom stereocenters. The largest absolute Gasteiger partial charge is 0.394 e. The number of carbonyl (C=O) groups excluding carboxylic acids is 3. The Kier molecular flexibility index (Phi) is 10.5. The average molecular weight is 598 g/mol. The summed E-state index contributed by atoms with van der Waals surface area (Å²) in [4.78, 5) is 45.1. The van der Waals surface area contributed by atoms with Gasteiger partial charge in [0.15, 0.2) is 5.13 Å². The molecule has 2 aromatic carbocycles. The summed E-state index contributed by atoms with van der Waals surface area (Å²) < 4.78 is 0.939. The highest BCUT2D eigenvalue weighted by Gasteiger charge is 2.24. The van der Waals surface area contributed by atoms with Gasteiger partial charge in [0.1, 0.15) is 0 Å². The molecule has 2 heterocycles. The van der Waals surface area contributed by atoms with Gasteiger partial charge in [-0.3, -0.25) is 19.7 Å². The van der Waals surface area contributed by atoms with Gasteiger partial charge < -0.3 is 25.3 Å². The lowest BCUT2D eigenvalue weighted by molar-refractivity contribution is -0.130. The molecule has 0 spiro atoms. The van der Waals surface area contributed by atoms with Gasteiger partial charge in [-0.05, 0) is 42.3 Å². The maximum absolute atomic E-state index is 13.0. The van der Waals surface area contributed by atoms with Gasteiger partial charge in [0.2, 0.25) is 5.91 Å². The van der Waals surface area contributed by atoms with Crippen LogP contribution in [0.4, 0.5) is 5.13 Å². The van der Waals surface area contributed by atoms with E-state index < -0.39 is 5.54 Å². The zero-order valence-electron chi connectivity index (χ0n) is 23.1. The molecule has 4 rings (SSSR count). The normalized spacial score (nSPS) is 13.8. The number of hydrogen-bond acceptors (Lipinski definition) is 9. The molecule has 1 aromatic heterocycles. The fourth-order valence-electron chi connectivity index (χ4n) is 4.16. The van der Waals surface area contributed by atoms with Crippen LogP contribution in [0.2, 0.25) is 0 Å². The molecule has 12 heteroatoms. The Morgan fingerprint density at radius 3 is 2.32 bits per heavy atom. The molecule has 0 unspecified atom stereocenters. The number of amides is 3. The summed E-state index contributed by atoms with van der Waals surface area (Å²) in [7, 11) is 0. The fraction of sp³-hybridized carbons (Fsp3) is 0.379. The second kappa shape index (κ2) is 14.1. The summed E-state index contributed by atoms with van der Waals surface area (Å²) in [5, 5.41) is 25.3. The van der Waals surface area contributed by atoms with E-state index in [4.69, 9.17) is 0 Å². The number of rotatable bonds is 11. The van der Waals surface area contributed by atoms with Crippen LogP contribution >= 0.6 is 23.1 Å². The highest BCUT2D eigenvalue weighted by Crippen LogP contribution is 2.31. The third-order valence-corrected chi connectivity index (χ3v) is 9.08. The fourth-order valence-corrected chi connectivity index (χ4v) is 5.97. The van der Waals surface area contributed by atoms with E-state index in [0.717, 1.165) is 15.3 Å². The smallest absolute Gasteiger partial charge is 0.257 e. The van der Waals surface area contributed by atoms with Crippen LogP contribution in [0.5, 0.6) is 0 Å². The molecule has 1 aliphatic rings. The van der Waals surface area contributed by atoms with Crippen molar-refractivity contribution in [3.63, 3.8) is 0 Å². The van der Waals surface area contributed by atoms with Crippen molar-refractivity contribution >= 4 is 46.0 Å². The van der Waals surface area contributed by atoms with Crippen LogP contribution < -0.4 is 10.6 Å². The molecule has 10 nitrogen and oxygen atoms in total. The van der Waals surface area contributed by atoms with Crippen LogP contribution in [0, 0.1) is 0 Å². The van der Waals surface area contributed by atoms with Crippen LogP contribution in [-0.2, 0) is 17.1 Å². The van der Waals surface area contributed by atoms with Gasteiger partial charge in [-0.25, -0.2) is 4.98 Å². The second-order valence-corrected chi connectivity index (χ2v) is 12.5. The number of piperazine rings is 1. The first-order valence-electron chi connectivity index (χ1n) is 13.3. The first kappa shape index (κ1) is 30.7. The molecule has 0 saturated carbocycles. The van der Waals surface area contributed by atoms with Gasteiger partial charge in [-0.1, -0.05) is 35.6 Å². The highest BCUT2D eigenvalue weighted by molar-refractivity contribution is 8.00. The molecule has 1 aliphatic heterocycles. The molecule has 3 aromatic rings. The molecule has 0 bridgehead atoms. The number of thioether (sulfide) groups is 1. The number of anilines is 1. The Morgan fingerprint density at radius 1 is 0.976 bits per heavy atom. The van der Waals surface area contributed by atoms with E-state index in [1.54, 1.807) is 53.7 Å². The van der Waals surface area contributed by atoms with E-state index in [9.17, 15) is 24.6 Å². The third kappa shape index (κ3) is 8.37. The van der Waals surface area contributed by atoms with Crippen LogP contribution in [0.25, 0.3) is 0 Å². The summed E-state index contributed by atoms with van der Waals surface area (Å²) in [6, 6.07) is 14.7. The van der Waals surface area contributed by atoms with Gasteiger partial charge in [0.25, 0.3) is 11.8 Å². The zero-order chi connectivity index (χ0) is 29.4. The molecule has 0 aliphatic carbocycles. The minimum atomic E-state index is -0.773. The van der Waals surface area contributed by atoms with E-state index >= 15 is 0 Å². The summed E-state index contributed by atoms with van der Waals surface area (Å²) in [6.45, 7) is 5.52. The quantitative estimate of drug-likeness (QED) is 0.248. The van der Waals surface area contributed by atoms with E-state index in [0.29, 0.717) is 54.7 Å². The molecule has 218 valence electrons. The minimum Gasteiger partial charge on any atom is -0.394 e. The topological polar surface area (TPSA) is 135 Å². The molecule has 1 fully saturated rings. The number of nitrogens with zero attached hydrogens (tertiary/aromatic N) is 3. The van der Waals surface area contributed by atoms with Crippen molar-refractivity contribution in [2.75, 3.05) is 44.7 Å². The molecule has 41 heavy (non-hydrogen) atoms. The standard InChI is InChI=1S/C29H35N5O5S2/c1-20(37)33-10-12-34(13-11-33)27(39)24-5-3-4-22(14-24)17-40-25-16-30-28(41-25)32-26(38)23-8-6-21(7-9-23)15-31-29(2,18-35)19-36/h3-9,14,16,31,35-36H,10-13,15,17-19H2,1-2H3,(H,30,32,38). The number of aromatic nitrogens is 1. The predicted octanol–water partition coefficient (Wildman–Crippen LogP) is 2.82. The van der Waals surface area contributed by atoms with Crippen LogP contribution in [0.15, 0.2) is 58.9 Å². The molecule has 1 saturated heterocycles. The lowest BCUT2D eigenvalue weighted by Crippen LogP contribution is -2.50. The Balaban J connectivity index is 1.27. The lowest BCUT2D eigenvalue weighted by Gasteiger charge is -2.34. The van der Waals surface area contributed by atoms with Crippen molar-refractivity contribution in [2.24, 2.45) is 0 Å². The first-order valence-corrected chi connectivity index (χ1v) is 15.1. The Morgan fingerprint density at radius 2 is 1.66 bits per heavy atom. The Labute approximate surface area is 247 Å². The maximum Gasteiger partial charge on any atom is 0.257 e. The number of hydrogen-bond donors (Lipinski definition) is 4. The Bertz CT molecular complexity index is 1350. The second-order valence-electron chi connectivity index (χ2n) is 10.2. The molecular weight excluding hydrogens is 562 g/mol. The van der Waals surface area contributed by atoms with Crippen LogP contribution in [0.1, 0.15) is 45.7 Å². The van der Waals surface area contributed by atoms with Crippen molar-refractivity contribution in [1.82, 2.24) is 20.1 Å². The van der Waals surface area contributed by atoms with Crippen molar-refractivity contribution in [3.05, 3.63) is 77.0 Å². The number of aliphatic hydroxyl groups is 2. The number of thiazole rings is 1. The summed E-state index contributed by atoms with van der Waals surface area (Å²) in [6.07, 6.45) is 1.72. The average Bonchev–Trinajstić information content (AvgIpc) is 3.46. The van der Waals surface area contributed by atoms with Crippen molar-refractivity contribution in [3.8, 4) is 0 Å². The van der Waals surface area contributed by atoms with E-state index in [1.165, 1.54) is 11.3 Å². The molecule has 0 radical (unpaired) electrons. The number of aliphatic hydroxyl groups excluding tert-OH is 2. The monoisotopic (exact) mass is 597 g/mol. The van der Waals surface area contributed by atoms with E-state index in [1.807, 2.05) is 36.4 Å². The molecule has 4 N–H and O–H groups in total.